The van der Waals surface area contributed by atoms with Gasteiger partial charge in [-0.3, -0.25) is 0 Å². The number of hydrogen-bond donors (Lipinski definition) is 0. The minimum atomic E-state index is 0. The van der Waals surface area contributed by atoms with Crippen LogP contribution in [0, 0.1) is 42.5 Å². The van der Waals surface area contributed by atoms with Crippen molar-refractivity contribution in [2.45, 2.75) is 83.5 Å². The van der Waals surface area contributed by atoms with Crippen LogP contribution in [0.4, 0.5) is 0 Å². The first kappa shape index (κ1) is 44.3. The Balaban J connectivity index is 0.00000123. The van der Waals surface area contributed by atoms with Gasteiger partial charge < -0.3 is 33.8 Å². The fraction of sp³-hybridized carbons (Fsp3) is 0.395. The second kappa shape index (κ2) is 20.2. The third-order valence-electron chi connectivity index (χ3n) is 9.57. The van der Waals surface area contributed by atoms with Gasteiger partial charge in [-0.2, -0.15) is 0 Å². The Morgan fingerprint density at radius 3 is 0.714 bits per heavy atom. The minimum absolute atomic E-state index is 0. The van der Waals surface area contributed by atoms with Crippen LogP contribution >= 0.6 is 24.0 Å². The third kappa shape index (κ3) is 10.4. The van der Waals surface area contributed by atoms with Gasteiger partial charge in [-0.1, -0.05) is 56.4 Å². The SMILES string of the molecule is C1CCCC1.COc1cc(C)cc(C2C(c3cc(C)cc(OC)c3)C(c3cc(C)cc(OC)c3)C2c2cc(C)cc(OC)c2)c1.I.[CH3-].[CH3-].[Co+2]. The summed E-state index contributed by atoms with van der Waals surface area (Å²) >= 11 is 0. The average Bonchev–Trinajstić information content (AvgIpc) is 3.60. The number of benzene rings is 4. The zero-order valence-corrected chi connectivity index (χ0v) is 34.5. The molecule has 49 heavy (non-hydrogen) atoms. The second-order valence-corrected chi connectivity index (χ2v) is 13.0. The first-order valence-electron chi connectivity index (χ1n) is 16.4. The monoisotopic (exact) mass is 823 g/mol. The number of hydrogen-bond acceptors (Lipinski definition) is 4. The Hall–Kier alpha value is -2.68. The van der Waals surface area contributed by atoms with Crippen molar-refractivity contribution in [3.8, 4) is 23.0 Å². The van der Waals surface area contributed by atoms with E-state index in [4.69, 9.17) is 18.9 Å². The normalized spacial score (nSPS) is 18.8. The standard InChI is InChI=1S/C36H40O4.C5H10.2CH3.Co.HI/c1-21-9-25(17-29(13-21)37-5)33-34(26-10-22(2)14-30(18-26)38-6)36(28-12-24(4)16-32(20-28)40-8)35(33)27-11-23(3)15-31(19-27)39-7;1-2-4-5-3-1;;;;/h9-20,33-36H,1-8H3;1-5H2;2*1H3;;1H/q;;2*-1;+2;. The smallest absolute Gasteiger partial charge is 0.497 e. The van der Waals surface area contributed by atoms with Crippen molar-refractivity contribution in [3.05, 3.63) is 132 Å². The van der Waals surface area contributed by atoms with E-state index >= 15 is 0 Å². The van der Waals surface area contributed by atoms with E-state index in [9.17, 15) is 0 Å². The van der Waals surface area contributed by atoms with E-state index in [2.05, 4.69) is 100 Å². The zero-order valence-electron chi connectivity index (χ0n) is 31.1. The summed E-state index contributed by atoms with van der Waals surface area (Å²) in [4.78, 5) is 0. The average molecular weight is 824 g/mol. The van der Waals surface area contributed by atoms with E-state index < -0.39 is 0 Å². The maximum atomic E-state index is 5.75. The maximum Gasteiger partial charge on any atom is 2.00 e. The largest absolute Gasteiger partial charge is 2.00 e. The van der Waals surface area contributed by atoms with Gasteiger partial charge in [0, 0.05) is 0 Å². The molecule has 0 spiro atoms. The van der Waals surface area contributed by atoms with E-state index in [-0.39, 0.29) is 79.3 Å². The molecule has 0 N–H and O–H groups in total. The molecule has 2 fully saturated rings. The van der Waals surface area contributed by atoms with Crippen molar-refractivity contribution in [2.24, 2.45) is 0 Å². The molecule has 2 saturated carbocycles. The van der Waals surface area contributed by atoms with Crippen LogP contribution in [0.15, 0.2) is 72.8 Å². The van der Waals surface area contributed by atoms with Crippen LogP contribution in [0.3, 0.4) is 0 Å². The van der Waals surface area contributed by atoms with Gasteiger partial charge in [-0.15, -0.1) is 24.0 Å². The van der Waals surface area contributed by atoms with Gasteiger partial charge in [0.1, 0.15) is 23.0 Å². The van der Waals surface area contributed by atoms with Gasteiger partial charge in [0.25, 0.3) is 0 Å². The van der Waals surface area contributed by atoms with Crippen LogP contribution < -0.4 is 18.9 Å². The summed E-state index contributed by atoms with van der Waals surface area (Å²) in [5, 5.41) is 0. The van der Waals surface area contributed by atoms with Crippen molar-refractivity contribution in [2.75, 3.05) is 28.4 Å². The van der Waals surface area contributed by atoms with Gasteiger partial charge in [-0.05, 0) is 144 Å². The quantitative estimate of drug-likeness (QED) is 0.131. The third-order valence-corrected chi connectivity index (χ3v) is 9.57. The molecule has 269 valence electrons. The molecular weight excluding hydrogens is 766 g/mol. The van der Waals surface area contributed by atoms with Crippen molar-refractivity contribution in [3.63, 3.8) is 0 Å². The Morgan fingerprint density at radius 1 is 0.367 bits per heavy atom. The van der Waals surface area contributed by atoms with Crippen LogP contribution in [-0.2, 0) is 16.8 Å². The summed E-state index contributed by atoms with van der Waals surface area (Å²) in [5.41, 5.74) is 9.89. The number of aryl methyl sites for hydroxylation is 4. The molecule has 0 unspecified atom stereocenters. The van der Waals surface area contributed by atoms with Crippen LogP contribution in [0.1, 0.15) is 100 Å². The number of halogens is 1. The molecule has 4 nitrogen and oxygen atoms in total. The Morgan fingerprint density at radius 2 is 0.551 bits per heavy atom. The van der Waals surface area contributed by atoms with Gasteiger partial charge in [0.05, 0.1) is 28.4 Å². The van der Waals surface area contributed by atoms with Gasteiger partial charge in [0.2, 0.25) is 0 Å². The number of rotatable bonds is 8. The van der Waals surface area contributed by atoms with E-state index in [0.29, 0.717) is 0 Å². The molecule has 0 atom stereocenters. The molecule has 4 aromatic rings. The first-order valence-corrected chi connectivity index (χ1v) is 16.4. The van der Waals surface area contributed by atoms with Crippen LogP contribution in [-0.4, -0.2) is 28.4 Å². The molecule has 0 saturated heterocycles. The fourth-order valence-corrected chi connectivity index (χ4v) is 7.64. The van der Waals surface area contributed by atoms with E-state index in [0.717, 1.165) is 23.0 Å². The number of methoxy groups -OCH3 is 4. The minimum Gasteiger partial charge on any atom is -0.497 e. The maximum absolute atomic E-state index is 5.75. The summed E-state index contributed by atoms with van der Waals surface area (Å²) in [6.07, 6.45) is 7.50. The van der Waals surface area contributed by atoms with Crippen molar-refractivity contribution in [1.29, 1.82) is 0 Å². The number of ether oxygens (including phenoxy) is 4. The Kier molecular flexibility index (Phi) is 18.3. The predicted molar refractivity (Wildman–Crippen MR) is 213 cm³/mol. The van der Waals surface area contributed by atoms with Gasteiger partial charge >= 0.3 is 16.8 Å². The Bertz CT molecular complexity index is 1370. The molecular formula is C43H57CoIO4. The van der Waals surface area contributed by atoms with E-state index in [1.165, 1.54) is 76.6 Å². The molecule has 2 aliphatic rings. The molecule has 0 aromatic heterocycles. The van der Waals surface area contributed by atoms with Gasteiger partial charge in [-0.25, -0.2) is 0 Å². The zero-order chi connectivity index (χ0) is 32.1. The summed E-state index contributed by atoms with van der Waals surface area (Å²) in [6.45, 7) is 8.57. The topological polar surface area (TPSA) is 36.9 Å². The predicted octanol–water partition coefficient (Wildman–Crippen LogP) is 11.9. The van der Waals surface area contributed by atoms with Crippen molar-refractivity contribution >= 4 is 24.0 Å². The molecule has 4 aromatic carbocycles. The second-order valence-electron chi connectivity index (χ2n) is 13.0. The molecule has 1 radical (unpaired) electrons. The molecule has 6 rings (SSSR count). The van der Waals surface area contributed by atoms with E-state index in [1.54, 1.807) is 28.4 Å². The van der Waals surface area contributed by atoms with Crippen LogP contribution in [0.2, 0.25) is 0 Å². The first-order chi connectivity index (χ1) is 21.7. The summed E-state index contributed by atoms with van der Waals surface area (Å²) in [7, 11) is 6.97. The molecule has 0 amide bonds. The molecule has 0 heterocycles. The molecule has 0 aliphatic heterocycles. The van der Waals surface area contributed by atoms with Crippen LogP contribution in [0.5, 0.6) is 23.0 Å². The van der Waals surface area contributed by atoms with Gasteiger partial charge in [0.15, 0.2) is 0 Å². The Labute approximate surface area is 324 Å². The molecule has 0 bridgehead atoms. The van der Waals surface area contributed by atoms with Crippen molar-refractivity contribution < 1.29 is 35.7 Å². The summed E-state index contributed by atoms with van der Waals surface area (Å²) in [5.74, 6) is 4.39. The fourth-order valence-electron chi connectivity index (χ4n) is 7.64. The van der Waals surface area contributed by atoms with Crippen molar-refractivity contribution in [1.82, 2.24) is 0 Å². The summed E-state index contributed by atoms with van der Waals surface area (Å²) in [6, 6.07) is 26.5. The molecule has 6 heteroatoms. The van der Waals surface area contributed by atoms with Crippen LogP contribution in [0.25, 0.3) is 0 Å². The summed E-state index contributed by atoms with van der Waals surface area (Å²) < 4.78 is 23.0. The molecule has 2 aliphatic carbocycles. The van der Waals surface area contributed by atoms with E-state index in [1.807, 2.05) is 0 Å².